The number of nitrogens with zero attached hydrogens (tertiary/aromatic N) is 3. The van der Waals surface area contributed by atoms with Crippen molar-refractivity contribution in [3.8, 4) is 0 Å². The molecule has 0 saturated carbocycles. The molecule has 0 spiro atoms. The van der Waals surface area contributed by atoms with Crippen LogP contribution in [0, 0.1) is 13.8 Å². The summed E-state index contributed by atoms with van der Waals surface area (Å²) in [5, 5.41) is 0.792. The van der Waals surface area contributed by atoms with Crippen molar-refractivity contribution in [3.63, 3.8) is 0 Å². The molecule has 0 bridgehead atoms. The van der Waals surface area contributed by atoms with E-state index >= 15 is 0 Å². The van der Waals surface area contributed by atoms with Crippen LogP contribution in [-0.2, 0) is 17.6 Å². The van der Waals surface area contributed by atoms with Crippen molar-refractivity contribution in [2.75, 3.05) is 32.1 Å². The van der Waals surface area contributed by atoms with Crippen LogP contribution in [0.5, 0.6) is 0 Å². The summed E-state index contributed by atoms with van der Waals surface area (Å²) in [6.07, 6.45) is 1.40. The zero-order valence-electron chi connectivity index (χ0n) is 17.9. The number of benzene rings is 2. The smallest absolute Gasteiger partial charge is 0.233 e. The predicted molar refractivity (Wildman–Crippen MR) is 127 cm³/mol. The lowest BCUT2D eigenvalue weighted by Crippen LogP contribution is -2.37. The van der Waals surface area contributed by atoms with Gasteiger partial charge >= 0.3 is 0 Å². The summed E-state index contributed by atoms with van der Waals surface area (Å²) >= 11 is 1.61. The van der Waals surface area contributed by atoms with Crippen LogP contribution in [0.1, 0.15) is 29.2 Å². The number of halogens is 1. The Morgan fingerprint density at radius 1 is 1.07 bits per heavy atom. The second-order valence-electron chi connectivity index (χ2n) is 7.61. The van der Waals surface area contributed by atoms with Gasteiger partial charge in [0, 0.05) is 13.1 Å². The highest BCUT2D eigenvalue weighted by atomic mass is 35.5. The first kappa shape index (κ1) is 23.3. The van der Waals surface area contributed by atoms with Gasteiger partial charge in [-0.1, -0.05) is 48.1 Å². The third kappa shape index (κ3) is 5.78. The number of carbonyl (C=O) groups excluding carboxylic acids is 1. The van der Waals surface area contributed by atoms with Gasteiger partial charge in [0.1, 0.15) is 0 Å². The maximum Gasteiger partial charge on any atom is 0.233 e. The molecule has 4 nitrogen and oxygen atoms in total. The van der Waals surface area contributed by atoms with Crippen LogP contribution in [-0.4, -0.2) is 43.0 Å². The molecule has 0 fully saturated rings. The summed E-state index contributed by atoms with van der Waals surface area (Å²) in [7, 11) is 4.05. The Morgan fingerprint density at radius 3 is 2.52 bits per heavy atom. The fraction of sp³-hybridized carbons (Fsp3) is 0.391. The van der Waals surface area contributed by atoms with Crippen molar-refractivity contribution in [1.29, 1.82) is 0 Å². The topological polar surface area (TPSA) is 36.4 Å². The van der Waals surface area contributed by atoms with Crippen molar-refractivity contribution < 1.29 is 4.79 Å². The van der Waals surface area contributed by atoms with Gasteiger partial charge in [0.25, 0.3) is 0 Å². The summed E-state index contributed by atoms with van der Waals surface area (Å²) < 4.78 is 1.14. The van der Waals surface area contributed by atoms with Crippen LogP contribution < -0.4 is 4.90 Å². The molecule has 0 N–H and O–H groups in total. The molecule has 1 amide bonds. The second kappa shape index (κ2) is 10.2. The number of aryl methyl sites for hydroxylation is 3. The first-order valence-electron chi connectivity index (χ1n) is 9.78. The van der Waals surface area contributed by atoms with Gasteiger partial charge in [0.05, 0.1) is 16.6 Å². The molecular formula is C23H30ClN3OS. The monoisotopic (exact) mass is 431 g/mol. The van der Waals surface area contributed by atoms with E-state index in [1.54, 1.807) is 11.3 Å². The number of anilines is 1. The van der Waals surface area contributed by atoms with E-state index in [9.17, 15) is 4.79 Å². The summed E-state index contributed by atoms with van der Waals surface area (Å²) in [6.45, 7) is 7.72. The summed E-state index contributed by atoms with van der Waals surface area (Å²) in [5.41, 5.74) is 5.69. The summed E-state index contributed by atoms with van der Waals surface area (Å²) in [5.74, 6) is 0.102. The number of hydrogen-bond donors (Lipinski definition) is 0. The van der Waals surface area contributed by atoms with Crippen LogP contribution in [0.2, 0.25) is 0 Å². The molecule has 3 rings (SSSR count). The zero-order valence-corrected chi connectivity index (χ0v) is 19.5. The molecular weight excluding hydrogens is 402 g/mol. The molecule has 6 heteroatoms. The van der Waals surface area contributed by atoms with E-state index < -0.39 is 0 Å². The molecule has 3 aromatic rings. The highest BCUT2D eigenvalue weighted by Gasteiger charge is 2.21. The van der Waals surface area contributed by atoms with Crippen molar-refractivity contribution in [2.24, 2.45) is 0 Å². The molecule has 0 radical (unpaired) electrons. The number of hydrogen-bond acceptors (Lipinski definition) is 4. The normalized spacial score (nSPS) is 11.0. The third-order valence-corrected chi connectivity index (χ3v) is 6.04. The maximum atomic E-state index is 13.3. The van der Waals surface area contributed by atoms with Gasteiger partial charge in [-0.3, -0.25) is 9.69 Å². The Bertz CT molecular complexity index is 983. The molecule has 1 aromatic heterocycles. The van der Waals surface area contributed by atoms with E-state index in [4.69, 9.17) is 4.98 Å². The molecule has 1 heterocycles. The molecule has 0 unspecified atom stereocenters. The summed E-state index contributed by atoms with van der Waals surface area (Å²) in [4.78, 5) is 22.0. The lowest BCUT2D eigenvalue weighted by atomic mass is 10.0. The van der Waals surface area contributed by atoms with Gasteiger partial charge in [0.2, 0.25) is 5.91 Å². The van der Waals surface area contributed by atoms with Crippen LogP contribution in [0.4, 0.5) is 5.13 Å². The van der Waals surface area contributed by atoms with Crippen LogP contribution in [0.25, 0.3) is 10.2 Å². The molecule has 0 aliphatic heterocycles. The van der Waals surface area contributed by atoms with Gasteiger partial charge in [0.15, 0.2) is 5.13 Å². The number of fused-ring (bicyclic) bond motifs is 1. The minimum Gasteiger partial charge on any atom is -0.308 e. The molecule has 2 aromatic carbocycles. The van der Waals surface area contributed by atoms with E-state index in [2.05, 4.69) is 62.1 Å². The van der Waals surface area contributed by atoms with Crippen molar-refractivity contribution >= 4 is 45.0 Å². The quantitative estimate of drug-likeness (QED) is 0.526. The standard InChI is InChI=1S/C23H29N3OS.ClH/c1-6-18-9-10-20-21(14-18)28-23(24-20)26(12-11-25(4)5)22(27)15-19-13-16(2)7-8-17(19)3;/h7-10,13-14H,6,11-12,15H2,1-5H3;1H. The fourth-order valence-corrected chi connectivity index (χ4v) is 4.24. The Balaban J connectivity index is 0.00000300. The fourth-order valence-electron chi connectivity index (χ4n) is 3.17. The Hall–Kier alpha value is -1.95. The van der Waals surface area contributed by atoms with Crippen molar-refractivity contribution in [1.82, 2.24) is 9.88 Å². The van der Waals surface area contributed by atoms with E-state index in [1.165, 1.54) is 11.1 Å². The molecule has 29 heavy (non-hydrogen) atoms. The van der Waals surface area contributed by atoms with E-state index in [0.29, 0.717) is 13.0 Å². The van der Waals surface area contributed by atoms with E-state index in [1.807, 2.05) is 19.0 Å². The van der Waals surface area contributed by atoms with Crippen LogP contribution in [0.15, 0.2) is 36.4 Å². The lowest BCUT2D eigenvalue weighted by Gasteiger charge is -2.22. The van der Waals surface area contributed by atoms with Gasteiger partial charge in [-0.05, 0) is 63.2 Å². The van der Waals surface area contributed by atoms with Gasteiger partial charge in [-0.2, -0.15) is 0 Å². The number of thiazole rings is 1. The molecule has 156 valence electrons. The molecule has 0 saturated heterocycles. The number of carbonyl (C=O) groups is 1. The number of aromatic nitrogens is 1. The lowest BCUT2D eigenvalue weighted by molar-refractivity contribution is -0.118. The minimum atomic E-state index is 0. The number of amides is 1. The molecule has 0 atom stereocenters. The van der Waals surface area contributed by atoms with Gasteiger partial charge in [-0.25, -0.2) is 4.98 Å². The summed E-state index contributed by atoms with van der Waals surface area (Å²) in [6, 6.07) is 12.7. The number of rotatable bonds is 7. The SMILES string of the molecule is CCc1ccc2nc(N(CCN(C)C)C(=O)Cc3cc(C)ccc3C)sc2c1.Cl. The second-order valence-corrected chi connectivity index (χ2v) is 8.62. The maximum absolute atomic E-state index is 13.3. The number of likely N-dealkylation sites (N-methyl/N-ethyl adjacent to an activating group) is 1. The minimum absolute atomic E-state index is 0. The largest absolute Gasteiger partial charge is 0.308 e. The van der Waals surface area contributed by atoms with E-state index in [0.717, 1.165) is 39.4 Å². The molecule has 0 aliphatic carbocycles. The third-order valence-electron chi connectivity index (χ3n) is 5.00. The first-order valence-corrected chi connectivity index (χ1v) is 10.6. The highest BCUT2D eigenvalue weighted by Crippen LogP contribution is 2.30. The van der Waals surface area contributed by atoms with Crippen molar-refractivity contribution in [2.45, 2.75) is 33.6 Å². The van der Waals surface area contributed by atoms with Crippen LogP contribution >= 0.6 is 23.7 Å². The Kier molecular flexibility index (Phi) is 8.20. The Labute approximate surface area is 184 Å². The van der Waals surface area contributed by atoms with Gasteiger partial charge < -0.3 is 4.90 Å². The zero-order chi connectivity index (χ0) is 20.3. The highest BCUT2D eigenvalue weighted by molar-refractivity contribution is 7.22. The first-order chi connectivity index (χ1) is 13.4. The molecule has 0 aliphatic rings. The average molecular weight is 432 g/mol. The van der Waals surface area contributed by atoms with Crippen molar-refractivity contribution in [3.05, 3.63) is 58.7 Å². The van der Waals surface area contributed by atoms with Gasteiger partial charge in [-0.15, -0.1) is 12.4 Å². The van der Waals surface area contributed by atoms with Crippen LogP contribution in [0.3, 0.4) is 0 Å². The Morgan fingerprint density at radius 2 is 1.83 bits per heavy atom. The van der Waals surface area contributed by atoms with E-state index in [-0.39, 0.29) is 18.3 Å². The predicted octanol–water partition coefficient (Wildman–Crippen LogP) is 5.03. The average Bonchev–Trinajstić information content (AvgIpc) is 3.07.